The second-order valence-corrected chi connectivity index (χ2v) is 11.0. The number of hydrogen-bond donors (Lipinski definition) is 5. The van der Waals surface area contributed by atoms with Crippen LogP contribution in [0.3, 0.4) is 0 Å². The van der Waals surface area contributed by atoms with Crippen LogP contribution in [0.15, 0.2) is 61.3 Å². The normalized spacial score (nSPS) is 13.1. The number of aromatic hydroxyl groups is 1. The summed E-state index contributed by atoms with van der Waals surface area (Å²) in [5.74, 6) is -1.06. The molecule has 6 N–H and O–H groups in total. The number of anilines is 1. The fourth-order valence-electron chi connectivity index (χ4n) is 2.86. The van der Waals surface area contributed by atoms with E-state index in [9.17, 15) is 44.0 Å². The summed E-state index contributed by atoms with van der Waals surface area (Å²) in [4.78, 5) is -2.78. The molecule has 3 rings (SSSR count). The van der Waals surface area contributed by atoms with Crippen LogP contribution in [-0.4, -0.2) is 44.0 Å². The quantitative estimate of drug-likeness (QED) is 0.180. The second kappa shape index (κ2) is 8.17. The lowest BCUT2D eigenvalue weighted by atomic mass is 10.1. The van der Waals surface area contributed by atoms with Crippen molar-refractivity contribution in [1.82, 2.24) is 0 Å². The van der Waals surface area contributed by atoms with Gasteiger partial charge >= 0.3 is 0 Å². The van der Waals surface area contributed by atoms with Crippen molar-refractivity contribution in [1.29, 1.82) is 0 Å². The molecule has 0 unspecified atom stereocenters. The van der Waals surface area contributed by atoms with E-state index in [4.69, 9.17) is 17.3 Å². The van der Waals surface area contributed by atoms with E-state index in [1.165, 1.54) is 6.07 Å². The van der Waals surface area contributed by atoms with Crippen molar-refractivity contribution in [2.45, 2.75) is 14.7 Å². The van der Waals surface area contributed by atoms with Gasteiger partial charge in [0.25, 0.3) is 30.4 Å². The number of nitrogens with two attached hydrogens (primary N) is 1. The van der Waals surface area contributed by atoms with Gasteiger partial charge < -0.3 is 10.8 Å². The Labute approximate surface area is 191 Å². The van der Waals surface area contributed by atoms with E-state index in [-0.39, 0.29) is 10.7 Å². The number of rotatable bonds is 5. The van der Waals surface area contributed by atoms with Crippen LogP contribution in [0.1, 0.15) is 0 Å². The number of azo groups is 1. The maximum absolute atomic E-state index is 11.9. The first kappa shape index (κ1) is 24.8. The fraction of sp³-hybridized carbons (Fsp3) is 0. The van der Waals surface area contributed by atoms with Crippen LogP contribution in [0.2, 0.25) is 5.02 Å². The molecular weight excluding hydrogens is 526 g/mol. The minimum atomic E-state index is -5.19. The van der Waals surface area contributed by atoms with Crippen molar-refractivity contribution in [3.63, 3.8) is 0 Å². The molecule has 176 valence electrons. The molecule has 0 aliphatic carbocycles. The molecule has 3 aromatic carbocycles. The van der Waals surface area contributed by atoms with Crippen LogP contribution in [0.5, 0.6) is 5.75 Å². The summed E-state index contributed by atoms with van der Waals surface area (Å²) in [5, 5.41) is 16.5. The summed E-state index contributed by atoms with van der Waals surface area (Å²) in [6.07, 6.45) is 0. The molecule has 17 heteroatoms. The van der Waals surface area contributed by atoms with E-state index < -0.39 is 72.9 Å². The summed E-state index contributed by atoms with van der Waals surface area (Å²) < 4.78 is 98.7. The van der Waals surface area contributed by atoms with Gasteiger partial charge in [-0.1, -0.05) is 11.6 Å². The van der Waals surface area contributed by atoms with Crippen LogP contribution in [0.25, 0.3) is 10.8 Å². The predicted molar refractivity (Wildman–Crippen MR) is 115 cm³/mol. The van der Waals surface area contributed by atoms with Gasteiger partial charge in [0.2, 0.25) is 0 Å². The molecule has 0 saturated heterocycles. The number of phenolic OH excluding ortho intramolecular Hbond substituents is 1. The molecule has 0 fully saturated rings. The number of phenols is 1. The van der Waals surface area contributed by atoms with E-state index in [0.717, 1.165) is 24.3 Å². The highest BCUT2D eigenvalue weighted by molar-refractivity contribution is 7.86. The Morgan fingerprint density at radius 1 is 0.758 bits per heavy atom. The third-order valence-corrected chi connectivity index (χ3v) is 7.12. The highest BCUT2D eigenvalue weighted by Gasteiger charge is 2.27. The smallest absolute Gasteiger partial charge is 0.296 e. The van der Waals surface area contributed by atoms with Gasteiger partial charge in [-0.15, -0.1) is 10.2 Å². The standard InChI is InChI=1S/C16H12ClN3O10S3/c17-7-1-3-10(12(5-7)32(25,26)27)19-20-15-13(33(28,29)30)6-8-11(31(22,23)24)4-2-9(18)14(8)16(15)21/h1-6,21H,18H2,(H,22,23,24)(H,25,26,27)(H,28,29,30). The Bertz CT molecular complexity index is 1670. The monoisotopic (exact) mass is 537 g/mol. The Kier molecular flexibility index (Phi) is 6.13. The van der Waals surface area contributed by atoms with Crippen LogP contribution in [0, 0.1) is 0 Å². The molecule has 0 aliphatic heterocycles. The average Bonchev–Trinajstić information content (AvgIpc) is 2.65. The third kappa shape index (κ3) is 4.91. The zero-order chi connectivity index (χ0) is 24.9. The maximum atomic E-state index is 11.9. The number of nitrogen functional groups attached to an aromatic ring is 1. The molecule has 0 aliphatic rings. The highest BCUT2D eigenvalue weighted by Crippen LogP contribution is 2.45. The molecule has 0 aromatic heterocycles. The van der Waals surface area contributed by atoms with Gasteiger partial charge in [-0.2, -0.15) is 25.3 Å². The van der Waals surface area contributed by atoms with E-state index in [0.29, 0.717) is 6.07 Å². The number of fused-ring (bicyclic) bond motifs is 1. The molecule has 0 spiro atoms. The summed E-state index contributed by atoms with van der Waals surface area (Å²) in [5.41, 5.74) is 4.02. The second-order valence-electron chi connectivity index (χ2n) is 6.38. The number of nitrogens with zero attached hydrogens (tertiary/aromatic N) is 2. The minimum absolute atomic E-state index is 0.0979. The van der Waals surface area contributed by atoms with E-state index in [1.807, 2.05) is 0 Å². The summed E-state index contributed by atoms with van der Waals surface area (Å²) >= 11 is 5.70. The maximum Gasteiger partial charge on any atom is 0.296 e. The molecule has 13 nitrogen and oxygen atoms in total. The van der Waals surface area contributed by atoms with E-state index in [2.05, 4.69) is 10.2 Å². The SMILES string of the molecule is Nc1ccc(S(=O)(=O)O)c2cc(S(=O)(=O)O)c(N=Nc3ccc(Cl)cc3S(=O)(=O)O)c(O)c12. The largest absolute Gasteiger partial charge is 0.505 e. The molecular formula is C16H12ClN3O10S3. The van der Waals surface area contributed by atoms with Crippen LogP contribution in [0.4, 0.5) is 17.1 Å². The topological polar surface area (TPSA) is 234 Å². The molecule has 0 heterocycles. The number of benzene rings is 3. The predicted octanol–water partition coefficient (Wildman–Crippen LogP) is 2.94. The van der Waals surface area contributed by atoms with Gasteiger partial charge in [0, 0.05) is 16.1 Å². The van der Waals surface area contributed by atoms with Crippen LogP contribution in [-0.2, 0) is 30.4 Å². The Balaban J connectivity index is 2.42. The zero-order valence-corrected chi connectivity index (χ0v) is 19.0. The lowest BCUT2D eigenvalue weighted by Gasteiger charge is -2.13. The fourth-order valence-corrected chi connectivity index (χ4v) is 5.07. The van der Waals surface area contributed by atoms with Gasteiger partial charge in [0.15, 0.2) is 5.75 Å². The van der Waals surface area contributed by atoms with Crippen molar-refractivity contribution in [3.8, 4) is 5.75 Å². The number of halogens is 1. The van der Waals surface area contributed by atoms with E-state index >= 15 is 0 Å². The summed E-state index contributed by atoms with van der Waals surface area (Å²) in [6.45, 7) is 0. The first-order valence-corrected chi connectivity index (χ1v) is 12.9. The molecule has 0 saturated carbocycles. The van der Waals surface area contributed by atoms with Gasteiger partial charge in [0.05, 0.1) is 5.39 Å². The first-order chi connectivity index (χ1) is 15.0. The van der Waals surface area contributed by atoms with Gasteiger partial charge in [-0.3, -0.25) is 13.7 Å². The van der Waals surface area contributed by atoms with Crippen molar-refractivity contribution in [3.05, 3.63) is 41.4 Å². The number of hydrogen-bond acceptors (Lipinski definition) is 10. The Morgan fingerprint density at radius 3 is 1.88 bits per heavy atom. The van der Waals surface area contributed by atoms with Crippen LogP contribution < -0.4 is 5.73 Å². The molecule has 0 radical (unpaired) electrons. The molecule has 0 amide bonds. The van der Waals surface area contributed by atoms with Gasteiger partial charge in [0.1, 0.15) is 26.1 Å². The first-order valence-electron chi connectivity index (χ1n) is 8.23. The van der Waals surface area contributed by atoms with Crippen molar-refractivity contribution < 1.29 is 44.0 Å². The van der Waals surface area contributed by atoms with E-state index in [1.54, 1.807) is 0 Å². The lowest BCUT2D eigenvalue weighted by molar-refractivity contribution is 0.471. The highest BCUT2D eigenvalue weighted by atomic mass is 35.5. The van der Waals surface area contributed by atoms with Crippen molar-refractivity contribution in [2.24, 2.45) is 10.2 Å². The molecule has 3 aromatic rings. The Hall–Kier alpha value is -2.86. The average molecular weight is 538 g/mol. The van der Waals surface area contributed by atoms with Gasteiger partial charge in [-0.25, -0.2) is 0 Å². The zero-order valence-electron chi connectivity index (χ0n) is 15.8. The molecule has 0 bridgehead atoms. The summed E-state index contributed by atoms with van der Waals surface area (Å²) in [7, 11) is -15.0. The third-order valence-electron chi connectivity index (χ3n) is 4.22. The van der Waals surface area contributed by atoms with Gasteiger partial charge in [-0.05, 0) is 36.4 Å². The molecule has 0 atom stereocenters. The Morgan fingerprint density at radius 2 is 1.33 bits per heavy atom. The van der Waals surface area contributed by atoms with Crippen LogP contribution >= 0.6 is 11.6 Å². The lowest BCUT2D eigenvalue weighted by Crippen LogP contribution is -2.04. The molecule has 33 heavy (non-hydrogen) atoms. The van der Waals surface area contributed by atoms with Crippen molar-refractivity contribution >= 4 is 69.8 Å². The van der Waals surface area contributed by atoms with Crippen molar-refractivity contribution in [2.75, 3.05) is 5.73 Å². The summed E-state index contributed by atoms with van der Waals surface area (Å²) in [6, 6.07) is 5.41. The minimum Gasteiger partial charge on any atom is -0.505 e.